The molecular formula is C20H11N5S. The molecule has 122 valence electrons. The molecule has 3 aromatic rings. The van der Waals surface area contributed by atoms with E-state index < -0.39 is 0 Å². The van der Waals surface area contributed by atoms with Gasteiger partial charge < -0.3 is 5.32 Å². The fourth-order valence-electron chi connectivity index (χ4n) is 2.27. The van der Waals surface area contributed by atoms with Gasteiger partial charge in [0, 0.05) is 22.2 Å². The number of rotatable bonds is 4. The molecule has 0 radical (unpaired) electrons. The van der Waals surface area contributed by atoms with Gasteiger partial charge in [-0.2, -0.15) is 15.8 Å². The quantitative estimate of drug-likeness (QED) is 0.685. The SMILES string of the molecule is N#CC(C#N)=C(C#N)Nc1ccc(-c2csc(-c3ccccc3)n2)cc1. The minimum atomic E-state index is -0.247. The maximum Gasteiger partial charge on any atom is 0.163 e. The standard InChI is InChI=1S/C20H11N5S/c21-10-16(11-22)18(12-23)24-17-8-6-14(7-9-17)19-13-26-20(25-19)15-4-2-1-3-5-15/h1-9,13,24H. The van der Waals surface area contributed by atoms with Crippen LogP contribution in [0.4, 0.5) is 5.69 Å². The number of nitrogens with one attached hydrogen (secondary N) is 1. The molecule has 0 aliphatic rings. The Bertz CT molecular complexity index is 1060. The molecule has 0 atom stereocenters. The molecule has 3 rings (SSSR count). The number of thiazole rings is 1. The lowest BCUT2D eigenvalue weighted by molar-refractivity contribution is 1.37. The first-order valence-electron chi connectivity index (χ1n) is 7.58. The summed E-state index contributed by atoms with van der Waals surface area (Å²) in [6.07, 6.45) is 0. The monoisotopic (exact) mass is 353 g/mol. The Hall–Kier alpha value is -3.92. The zero-order chi connectivity index (χ0) is 18.4. The predicted molar refractivity (Wildman–Crippen MR) is 100 cm³/mol. The lowest BCUT2D eigenvalue weighted by Crippen LogP contribution is -2.00. The second kappa shape index (κ2) is 7.77. The van der Waals surface area contributed by atoms with Crippen LogP contribution in [0.3, 0.4) is 0 Å². The maximum atomic E-state index is 9.08. The third-order valence-corrected chi connectivity index (χ3v) is 4.45. The van der Waals surface area contributed by atoms with Crippen molar-refractivity contribution in [2.45, 2.75) is 0 Å². The molecule has 0 saturated carbocycles. The van der Waals surface area contributed by atoms with Crippen LogP contribution in [0.5, 0.6) is 0 Å². The number of hydrogen-bond donors (Lipinski definition) is 1. The molecule has 0 saturated heterocycles. The Labute approximate surface area is 154 Å². The average molecular weight is 353 g/mol. The highest BCUT2D eigenvalue weighted by Crippen LogP contribution is 2.29. The van der Waals surface area contributed by atoms with Gasteiger partial charge in [-0.25, -0.2) is 4.98 Å². The van der Waals surface area contributed by atoms with E-state index in [2.05, 4.69) is 10.3 Å². The summed E-state index contributed by atoms with van der Waals surface area (Å²) in [5.74, 6) is 0. The van der Waals surface area contributed by atoms with Crippen LogP contribution in [0.25, 0.3) is 21.8 Å². The number of aromatic nitrogens is 1. The second-order valence-electron chi connectivity index (χ2n) is 5.19. The summed E-state index contributed by atoms with van der Waals surface area (Å²) in [6, 6.07) is 22.5. The van der Waals surface area contributed by atoms with Gasteiger partial charge in [0.1, 0.15) is 28.9 Å². The van der Waals surface area contributed by atoms with Crippen molar-refractivity contribution < 1.29 is 0 Å². The lowest BCUT2D eigenvalue weighted by Gasteiger charge is -2.05. The summed E-state index contributed by atoms with van der Waals surface area (Å²) in [4.78, 5) is 4.66. The third-order valence-electron chi connectivity index (χ3n) is 3.56. The van der Waals surface area contributed by atoms with Crippen LogP contribution in [-0.4, -0.2) is 4.98 Å². The molecule has 0 bridgehead atoms. The lowest BCUT2D eigenvalue weighted by atomic mass is 10.1. The van der Waals surface area contributed by atoms with Crippen molar-refractivity contribution in [3.8, 4) is 40.0 Å². The van der Waals surface area contributed by atoms with E-state index in [1.54, 1.807) is 35.6 Å². The molecule has 0 aliphatic heterocycles. The minimum Gasteiger partial charge on any atom is -0.345 e. The number of hydrogen-bond acceptors (Lipinski definition) is 6. The number of benzene rings is 2. The fraction of sp³-hybridized carbons (Fsp3) is 0. The van der Waals surface area contributed by atoms with E-state index in [-0.39, 0.29) is 11.3 Å². The highest BCUT2D eigenvalue weighted by molar-refractivity contribution is 7.13. The number of allylic oxidation sites excluding steroid dienone is 2. The van der Waals surface area contributed by atoms with Crippen molar-refractivity contribution in [2.24, 2.45) is 0 Å². The van der Waals surface area contributed by atoms with Crippen molar-refractivity contribution in [1.29, 1.82) is 15.8 Å². The van der Waals surface area contributed by atoms with E-state index in [0.29, 0.717) is 5.69 Å². The molecule has 0 aliphatic carbocycles. The first-order valence-corrected chi connectivity index (χ1v) is 8.46. The van der Waals surface area contributed by atoms with Crippen LogP contribution in [0, 0.1) is 34.0 Å². The Morgan fingerprint density at radius 1 is 0.846 bits per heavy atom. The van der Waals surface area contributed by atoms with Crippen LogP contribution in [-0.2, 0) is 0 Å². The number of anilines is 1. The van der Waals surface area contributed by atoms with E-state index in [0.717, 1.165) is 21.8 Å². The predicted octanol–water partition coefficient (Wildman–Crippen LogP) is 4.71. The maximum absolute atomic E-state index is 9.08. The second-order valence-corrected chi connectivity index (χ2v) is 6.05. The molecular weight excluding hydrogens is 342 g/mol. The van der Waals surface area contributed by atoms with Crippen LogP contribution < -0.4 is 5.32 Å². The first-order chi connectivity index (χ1) is 12.7. The molecule has 1 aromatic heterocycles. The van der Waals surface area contributed by atoms with Crippen molar-refractivity contribution in [2.75, 3.05) is 5.32 Å². The summed E-state index contributed by atoms with van der Waals surface area (Å²) in [5, 5.41) is 32.6. The molecule has 26 heavy (non-hydrogen) atoms. The summed E-state index contributed by atoms with van der Waals surface area (Å²) < 4.78 is 0. The van der Waals surface area contributed by atoms with Crippen molar-refractivity contribution >= 4 is 17.0 Å². The van der Waals surface area contributed by atoms with Crippen LogP contribution in [0.2, 0.25) is 0 Å². The van der Waals surface area contributed by atoms with Gasteiger partial charge in [-0.15, -0.1) is 11.3 Å². The van der Waals surface area contributed by atoms with Gasteiger partial charge in [0.2, 0.25) is 0 Å². The number of nitriles is 3. The Balaban J connectivity index is 1.82. The summed E-state index contributed by atoms with van der Waals surface area (Å²) in [7, 11) is 0. The van der Waals surface area contributed by atoms with Crippen LogP contribution >= 0.6 is 11.3 Å². The molecule has 5 nitrogen and oxygen atoms in total. The van der Waals surface area contributed by atoms with Crippen molar-refractivity contribution in [3.05, 3.63) is 71.2 Å². The van der Waals surface area contributed by atoms with E-state index in [4.69, 9.17) is 15.8 Å². The average Bonchev–Trinajstić information content (AvgIpc) is 3.19. The topological polar surface area (TPSA) is 96.3 Å². The molecule has 0 fully saturated rings. The van der Waals surface area contributed by atoms with Gasteiger partial charge in [-0.3, -0.25) is 0 Å². The first kappa shape index (κ1) is 16.9. The molecule has 0 amide bonds. The zero-order valence-electron chi connectivity index (χ0n) is 13.5. The fourth-order valence-corrected chi connectivity index (χ4v) is 3.11. The minimum absolute atomic E-state index is 0.0669. The van der Waals surface area contributed by atoms with Crippen LogP contribution in [0.1, 0.15) is 0 Å². The van der Waals surface area contributed by atoms with Crippen molar-refractivity contribution in [1.82, 2.24) is 4.98 Å². The molecule has 6 heteroatoms. The third kappa shape index (κ3) is 3.60. The normalized spacial score (nSPS) is 9.42. The smallest absolute Gasteiger partial charge is 0.163 e. The van der Waals surface area contributed by atoms with E-state index in [1.807, 2.05) is 53.9 Å². The summed E-state index contributed by atoms with van der Waals surface area (Å²) in [5.41, 5.74) is 3.19. The Morgan fingerprint density at radius 2 is 1.54 bits per heavy atom. The van der Waals surface area contributed by atoms with E-state index >= 15 is 0 Å². The van der Waals surface area contributed by atoms with Crippen LogP contribution in [0.15, 0.2) is 71.2 Å². The van der Waals surface area contributed by atoms with E-state index in [9.17, 15) is 0 Å². The Kier molecular flexibility index (Phi) is 5.05. The molecule has 1 N–H and O–H groups in total. The van der Waals surface area contributed by atoms with Gasteiger partial charge in [-0.05, 0) is 12.1 Å². The summed E-state index contributed by atoms with van der Waals surface area (Å²) in [6.45, 7) is 0. The van der Waals surface area contributed by atoms with Gasteiger partial charge in [-0.1, -0.05) is 42.5 Å². The van der Waals surface area contributed by atoms with Gasteiger partial charge >= 0.3 is 0 Å². The van der Waals surface area contributed by atoms with Gasteiger partial charge in [0.15, 0.2) is 5.57 Å². The molecule has 1 heterocycles. The highest BCUT2D eigenvalue weighted by Gasteiger charge is 2.08. The Morgan fingerprint density at radius 3 is 2.15 bits per heavy atom. The zero-order valence-corrected chi connectivity index (χ0v) is 14.3. The summed E-state index contributed by atoms with van der Waals surface area (Å²) >= 11 is 1.58. The highest BCUT2D eigenvalue weighted by atomic mass is 32.1. The molecule has 0 spiro atoms. The van der Waals surface area contributed by atoms with Gasteiger partial charge in [0.05, 0.1) is 5.69 Å². The molecule has 2 aromatic carbocycles. The van der Waals surface area contributed by atoms with Crippen molar-refractivity contribution in [3.63, 3.8) is 0 Å². The largest absolute Gasteiger partial charge is 0.345 e. The molecule has 0 unspecified atom stereocenters. The van der Waals surface area contributed by atoms with Gasteiger partial charge in [0.25, 0.3) is 0 Å². The van der Waals surface area contributed by atoms with E-state index in [1.165, 1.54) is 0 Å². The number of nitrogens with zero attached hydrogens (tertiary/aromatic N) is 4.